The molecule has 28 heavy (non-hydrogen) atoms. The first-order valence-corrected chi connectivity index (χ1v) is 9.11. The number of benzene rings is 1. The number of aryl methyl sites for hydroxylation is 2. The summed E-state index contributed by atoms with van der Waals surface area (Å²) in [5.41, 5.74) is 2.60. The molecule has 4 rings (SSSR count). The second-order valence-corrected chi connectivity index (χ2v) is 6.63. The van der Waals surface area contributed by atoms with Crippen molar-refractivity contribution in [2.45, 2.75) is 20.3 Å². The number of para-hydroxylation sites is 1. The summed E-state index contributed by atoms with van der Waals surface area (Å²) in [4.78, 5) is 31.7. The molecule has 142 valence electrons. The third-order valence-corrected chi connectivity index (χ3v) is 4.58. The zero-order chi connectivity index (χ0) is 19.7. The number of nitrogens with zero attached hydrogens (tertiary/aromatic N) is 6. The van der Waals surface area contributed by atoms with Gasteiger partial charge < -0.3 is 0 Å². The van der Waals surface area contributed by atoms with Gasteiger partial charge in [0.15, 0.2) is 5.69 Å². The number of rotatable bonds is 3. The molecule has 2 aromatic heterocycles. The smallest absolute Gasteiger partial charge is 0.265 e. The van der Waals surface area contributed by atoms with Gasteiger partial charge in [-0.3, -0.25) is 9.59 Å². The summed E-state index contributed by atoms with van der Waals surface area (Å²) in [6, 6.07) is 14.7. The van der Waals surface area contributed by atoms with Crippen LogP contribution in [0.25, 0.3) is 5.69 Å². The van der Waals surface area contributed by atoms with Crippen LogP contribution in [0.3, 0.4) is 0 Å². The van der Waals surface area contributed by atoms with Gasteiger partial charge in [-0.2, -0.15) is 9.90 Å². The van der Waals surface area contributed by atoms with Crippen LogP contribution in [-0.2, 0) is 0 Å². The first-order chi connectivity index (χ1) is 13.5. The normalized spacial score (nSPS) is 13.8. The van der Waals surface area contributed by atoms with E-state index in [1.807, 2.05) is 43.3 Å². The quantitative estimate of drug-likeness (QED) is 0.700. The van der Waals surface area contributed by atoms with Crippen LogP contribution in [0.2, 0.25) is 0 Å². The summed E-state index contributed by atoms with van der Waals surface area (Å²) < 4.78 is 0. The van der Waals surface area contributed by atoms with Crippen LogP contribution >= 0.6 is 0 Å². The van der Waals surface area contributed by atoms with Crippen molar-refractivity contribution in [1.82, 2.24) is 30.0 Å². The fourth-order valence-corrected chi connectivity index (χ4v) is 3.20. The van der Waals surface area contributed by atoms with E-state index < -0.39 is 0 Å². The third kappa shape index (κ3) is 3.24. The Balaban J connectivity index is 1.61. The molecule has 8 heteroatoms. The molecule has 1 aliphatic rings. The number of aromatic nitrogens is 4. The van der Waals surface area contributed by atoms with Gasteiger partial charge in [-0.1, -0.05) is 24.3 Å². The maximum absolute atomic E-state index is 13.1. The molecule has 1 aliphatic heterocycles. The van der Waals surface area contributed by atoms with Gasteiger partial charge in [0.1, 0.15) is 5.69 Å². The van der Waals surface area contributed by atoms with Gasteiger partial charge in [-0.05, 0) is 44.5 Å². The van der Waals surface area contributed by atoms with Crippen LogP contribution in [0.1, 0.15) is 38.8 Å². The Morgan fingerprint density at radius 2 is 1.57 bits per heavy atom. The minimum atomic E-state index is -0.335. The number of hydrogen-bond donors (Lipinski definition) is 0. The van der Waals surface area contributed by atoms with Gasteiger partial charge in [0, 0.05) is 18.8 Å². The summed E-state index contributed by atoms with van der Waals surface area (Å²) in [6.45, 7) is 4.49. The maximum Gasteiger partial charge on any atom is 0.294 e. The van der Waals surface area contributed by atoms with Gasteiger partial charge in [0.25, 0.3) is 11.8 Å². The molecule has 1 fully saturated rings. The lowest BCUT2D eigenvalue weighted by Crippen LogP contribution is -2.45. The third-order valence-electron chi connectivity index (χ3n) is 4.58. The monoisotopic (exact) mass is 376 g/mol. The van der Waals surface area contributed by atoms with Gasteiger partial charge in [0.2, 0.25) is 0 Å². The van der Waals surface area contributed by atoms with E-state index in [1.54, 1.807) is 19.1 Å². The van der Waals surface area contributed by atoms with Crippen molar-refractivity contribution >= 4 is 11.8 Å². The van der Waals surface area contributed by atoms with E-state index in [9.17, 15) is 9.59 Å². The van der Waals surface area contributed by atoms with Gasteiger partial charge in [0.05, 0.1) is 11.4 Å². The summed E-state index contributed by atoms with van der Waals surface area (Å²) >= 11 is 0. The largest absolute Gasteiger partial charge is 0.294 e. The number of hydrazine groups is 1. The Hall–Kier alpha value is -3.55. The van der Waals surface area contributed by atoms with E-state index in [0.29, 0.717) is 30.9 Å². The number of amides is 2. The lowest BCUT2D eigenvalue weighted by Gasteiger charge is -2.27. The minimum Gasteiger partial charge on any atom is -0.265 e. The maximum atomic E-state index is 13.1. The summed E-state index contributed by atoms with van der Waals surface area (Å²) in [6.07, 6.45) is 0.704. The molecule has 0 bridgehead atoms. The van der Waals surface area contributed by atoms with E-state index >= 15 is 0 Å². The number of carbonyl (C=O) groups excluding carboxylic acids is 2. The molecule has 0 saturated carbocycles. The van der Waals surface area contributed by atoms with Crippen molar-refractivity contribution in [1.29, 1.82) is 0 Å². The molecule has 1 aromatic carbocycles. The van der Waals surface area contributed by atoms with Crippen molar-refractivity contribution in [3.8, 4) is 5.69 Å². The molecule has 0 spiro atoms. The Kier molecular flexibility index (Phi) is 4.60. The van der Waals surface area contributed by atoms with E-state index in [-0.39, 0.29) is 17.5 Å². The van der Waals surface area contributed by atoms with Crippen LogP contribution in [0.15, 0.2) is 48.5 Å². The average molecular weight is 376 g/mol. The fraction of sp³-hybridized carbons (Fsp3) is 0.250. The van der Waals surface area contributed by atoms with Crippen molar-refractivity contribution in [3.63, 3.8) is 0 Å². The molecule has 3 heterocycles. The van der Waals surface area contributed by atoms with Crippen LogP contribution in [0.5, 0.6) is 0 Å². The average Bonchev–Trinajstić information content (AvgIpc) is 3.34. The van der Waals surface area contributed by atoms with E-state index in [0.717, 1.165) is 11.4 Å². The molecule has 8 nitrogen and oxygen atoms in total. The highest BCUT2D eigenvalue weighted by Crippen LogP contribution is 2.19. The predicted molar refractivity (Wildman–Crippen MR) is 102 cm³/mol. The molecular weight excluding hydrogens is 356 g/mol. The van der Waals surface area contributed by atoms with Crippen molar-refractivity contribution in [3.05, 3.63) is 71.3 Å². The lowest BCUT2D eigenvalue weighted by atomic mass is 10.3. The van der Waals surface area contributed by atoms with Crippen molar-refractivity contribution < 1.29 is 9.59 Å². The highest BCUT2D eigenvalue weighted by atomic mass is 16.2. The molecule has 3 aromatic rings. The van der Waals surface area contributed by atoms with Crippen molar-refractivity contribution in [2.75, 3.05) is 13.1 Å². The predicted octanol–water partition coefficient (Wildman–Crippen LogP) is 2.18. The summed E-state index contributed by atoms with van der Waals surface area (Å²) in [7, 11) is 0. The summed E-state index contributed by atoms with van der Waals surface area (Å²) in [5.74, 6) is -0.624. The molecule has 0 unspecified atom stereocenters. The lowest BCUT2D eigenvalue weighted by molar-refractivity contribution is 0.0178. The molecule has 1 saturated heterocycles. The molecule has 0 aliphatic carbocycles. The summed E-state index contributed by atoms with van der Waals surface area (Å²) in [5, 5.41) is 11.6. The SMILES string of the molecule is Cc1cccc(C(=O)N2CCCN2C(=O)c2nn(-c3ccccc3)nc2C)n1. The van der Waals surface area contributed by atoms with Crippen molar-refractivity contribution in [2.24, 2.45) is 0 Å². The Labute approximate surface area is 162 Å². The van der Waals surface area contributed by atoms with Crippen LogP contribution in [0, 0.1) is 13.8 Å². The van der Waals surface area contributed by atoms with Crippen LogP contribution in [-0.4, -0.2) is 54.9 Å². The Morgan fingerprint density at radius 3 is 2.29 bits per heavy atom. The van der Waals surface area contributed by atoms with E-state index in [4.69, 9.17) is 0 Å². The second kappa shape index (κ2) is 7.22. The highest BCUT2D eigenvalue weighted by Gasteiger charge is 2.34. The van der Waals surface area contributed by atoms with Gasteiger partial charge in [-0.25, -0.2) is 15.0 Å². The molecule has 0 radical (unpaired) electrons. The molecule has 2 amide bonds. The second-order valence-electron chi connectivity index (χ2n) is 6.63. The number of pyridine rings is 1. The number of carbonyl (C=O) groups is 2. The first kappa shape index (κ1) is 17.8. The first-order valence-electron chi connectivity index (χ1n) is 9.11. The fourth-order valence-electron chi connectivity index (χ4n) is 3.20. The van der Waals surface area contributed by atoms with Gasteiger partial charge in [-0.15, -0.1) is 5.10 Å². The zero-order valence-electron chi connectivity index (χ0n) is 15.7. The van der Waals surface area contributed by atoms with E-state index in [1.165, 1.54) is 14.8 Å². The topological polar surface area (TPSA) is 84.2 Å². The highest BCUT2D eigenvalue weighted by molar-refractivity contribution is 5.98. The van der Waals surface area contributed by atoms with Crippen LogP contribution < -0.4 is 0 Å². The molecule has 0 atom stereocenters. The zero-order valence-corrected chi connectivity index (χ0v) is 15.7. The molecule has 0 N–H and O–H groups in total. The molecular formula is C20H20N6O2. The standard InChI is InChI=1S/C20H20N6O2/c1-14-8-6-11-17(21-14)19(27)24-12-7-13-25(24)20(28)18-15(2)22-26(23-18)16-9-4-3-5-10-16/h3-6,8-11H,7,12-13H2,1-2H3. The Bertz CT molecular complexity index is 1030. The van der Waals surface area contributed by atoms with E-state index in [2.05, 4.69) is 15.2 Å². The van der Waals surface area contributed by atoms with Gasteiger partial charge >= 0.3 is 0 Å². The minimum absolute atomic E-state index is 0.237. The Morgan fingerprint density at radius 1 is 0.857 bits per heavy atom. The van der Waals surface area contributed by atoms with Crippen LogP contribution in [0.4, 0.5) is 0 Å². The number of hydrogen-bond acceptors (Lipinski definition) is 5.